The molecule has 1 N–H and O–H groups in total. The van der Waals surface area contributed by atoms with E-state index in [0.717, 1.165) is 17.5 Å². The maximum Gasteiger partial charge on any atom is 0.252 e. The van der Waals surface area contributed by atoms with Crippen LogP contribution in [0.15, 0.2) is 30.9 Å². The summed E-state index contributed by atoms with van der Waals surface area (Å²) < 4.78 is 12.8. The van der Waals surface area contributed by atoms with Gasteiger partial charge in [-0.15, -0.1) is 0 Å². The zero-order valence-electron chi connectivity index (χ0n) is 14.0. The number of aromatic nitrogens is 4. The van der Waals surface area contributed by atoms with Gasteiger partial charge in [0.2, 0.25) is 5.88 Å². The zero-order chi connectivity index (χ0) is 18.1. The lowest BCUT2D eigenvalue weighted by Gasteiger charge is -2.12. The van der Waals surface area contributed by atoms with E-state index in [2.05, 4.69) is 20.4 Å². The summed E-state index contributed by atoms with van der Waals surface area (Å²) >= 11 is 6.27. The molecule has 0 radical (unpaired) electrons. The molecule has 1 saturated heterocycles. The summed E-state index contributed by atoms with van der Waals surface area (Å²) in [7, 11) is 1.57. The highest BCUT2D eigenvalue weighted by molar-refractivity contribution is 6.31. The topological polar surface area (TPSA) is 90.6 Å². The first-order valence-electron chi connectivity index (χ1n) is 8.11. The number of amides is 1. The van der Waals surface area contributed by atoms with Crippen molar-refractivity contribution in [1.82, 2.24) is 24.9 Å². The Balaban J connectivity index is 1.75. The second-order valence-electron chi connectivity index (χ2n) is 5.87. The van der Waals surface area contributed by atoms with Crippen LogP contribution in [0.25, 0.3) is 16.8 Å². The van der Waals surface area contributed by atoms with E-state index in [9.17, 15) is 4.79 Å². The van der Waals surface area contributed by atoms with Gasteiger partial charge in [-0.2, -0.15) is 10.1 Å². The molecule has 1 atom stereocenters. The van der Waals surface area contributed by atoms with Gasteiger partial charge in [0, 0.05) is 37.0 Å². The first-order valence-corrected chi connectivity index (χ1v) is 8.49. The number of pyridine rings is 1. The fraction of sp³-hybridized carbons (Fsp3) is 0.294. The van der Waals surface area contributed by atoms with Crippen LogP contribution in [0.5, 0.6) is 5.88 Å². The predicted molar refractivity (Wildman–Crippen MR) is 94.5 cm³/mol. The molecular formula is C17H16ClN5O3. The molecule has 1 fully saturated rings. The lowest BCUT2D eigenvalue weighted by molar-refractivity contribution is 0.0962. The molecule has 8 nitrogen and oxygen atoms in total. The van der Waals surface area contributed by atoms with Crippen LogP contribution in [0.1, 0.15) is 16.8 Å². The second kappa shape index (κ2) is 6.89. The molecule has 3 aromatic rings. The van der Waals surface area contributed by atoms with Gasteiger partial charge in [-0.25, -0.2) is 4.52 Å². The Hall–Kier alpha value is -2.71. The van der Waals surface area contributed by atoms with Gasteiger partial charge in [0.05, 0.1) is 31.2 Å². The van der Waals surface area contributed by atoms with Gasteiger partial charge in [0.1, 0.15) is 11.1 Å². The second-order valence-corrected chi connectivity index (χ2v) is 6.27. The molecule has 1 amide bonds. The smallest absolute Gasteiger partial charge is 0.252 e. The Labute approximate surface area is 154 Å². The summed E-state index contributed by atoms with van der Waals surface area (Å²) in [6.45, 7) is 1.19. The fourth-order valence-corrected chi connectivity index (χ4v) is 2.96. The minimum absolute atomic E-state index is 0.0629. The number of fused-ring (bicyclic) bond motifs is 1. The minimum atomic E-state index is -0.211. The fourth-order valence-electron chi connectivity index (χ4n) is 2.78. The van der Waals surface area contributed by atoms with E-state index in [1.165, 1.54) is 6.20 Å². The highest BCUT2D eigenvalue weighted by Gasteiger charge is 2.21. The number of halogens is 1. The van der Waals surface area contributed by atoms with Crippen LogP contribution in [0.2, 0.25) is 5.02 Å². The molecule has 1 aliphatic rings. The number of ether oxygens (including phenoxy) is 2. The molecule has 3 aromatic heterocycles. The minimum Gasteiger partial charge on any atom is -0.471 e. The highest BCUT2D eigenvalue weighted by atomic mass is 35.5. The molecule has 0 unspecified atom stereocenters. The molecule has 0 aromatic carbocycles. The first kappa shape index (κ1) is 16.7. The van der Waals surface area contributed by atoms with Gasteiger partial charge in [-0.3, -0.25) is 9.78 Å². The van der Waals surface area contributed by atoms with E-state index in [-0.39, 0.29) is 12.0 Å². The van der Waals surface area contributed by atoms with Crippen LogP contribution in [0.4, 0.5) is 0 Å². The van der Waals surface area contributed by atoms with E-state index in [4.69, 9.17) is 21.1 Å². The molecule has 4 heterocycles. The average molecular weight is 374 g/mol. The van der Waals surface area contributed by atoms with Crippen LogP contribution >= 0.6 is 11.6 Å². The number of rotatable bonds is 4. The van der Waals surface area contributed by atoms with E-state index < -0.39 is 0 Å². The molecule has 26 heavy (non-hydrogen) atoms. The summed E-state index contributed by atoms with van der Waals surface area (Å²) in [6, 6.07) is 1.74. The van der Waals surface area contributed by atoms with Gasteiger partial charge in [0.15, 0.2) is 5.65 Å². The third-order valence-electron chi connectivity index (χ3n) is 4.12. The number of nitrogens with zero attached hydrogens (tertiary/aromatic N) is 4. The Bertz CT molecular complexity index is 968. The summed E-state index contributed by atoms with van der Waals surface area (Å²) in [5.41, 5.74) is 2.48. The van der Waals surface area contributed by atoms with Crippen molar-refractivity contribution in [2.45, 2.75) is 12.5 Å². The average Bonchev–Trinajstić information content (AvgIpc) is 3.31. The number of hydrogen-bond donors (Lipinski definition) is 1. The Kier molecular flexibility index (Phi) is 4.44. The molecular weight excluding hydrogens is 358 g/mol. The van der Waals surface area contributed by atoms with Crippen molar-refractivity contribution in [1.29, 1.82) is 0 Å². The standard InChI is InChI=1S/C17H16ClN5O3/c1-19-16(24)11-4-10(5-20-6-11)13-7-21-23-8-14(18)17(22-15(13)23)26-12-2-3-25-9-12/h4-8,12H,2-3,9H2,1H3,(H,19,24)/t12-/m0/s1. The van der Waals surface area contributed by atoms with Crippen molar-refractivity contribution in [2.24, 2.45) is 0 Å². The van der Waals surface area contributed by atoms with Crippen LogP contribution in [0, 0.1) is 0 Å². The molecule has 0 saturated carbocycles. The van der Waals surface area contributed by atoms with Gasteiger partial charge in [0.25, 0.3) is 5.91 Å². The van der Waals surface area contributed by atoms with Crippen molar-refractivity contribution in [2.75, 3.05) is 20.3 Å². The SMILES string of the molecule is CNC(=O)c1cncc(-c2cnn3cc(Cl)c(O[C@H]4CCOC4)nc23)c1. The third-order valence-corrected chi connectivity index (χ3v) is 4.38. The molecule has 9 heteroatoms. The van der Waals surface area contributed by atoms with E-state index in [1.807, 2.05) is 0 Å². The van der Waals surface area contributed by atoms with Gasteiger partial charge in [-0.05, 0) is 6.07 Å². The van der Waals surface area contributed by atoms with Crippen LogP contribution < -0.4 is 10.1 Å². The van der Waals surface area contributed by atoms with Crippen molar-refractivity contribution in [3.8, 4) is 17.0 Å². The highest BCUT2D eigenvalue weighted by Crippen LogP contribution is 2.29. The Morgan fingerprint density at radius 2 is 2.31 bits per heavy atom. The number of hydrogen-bond acceptors (Lipinski definition) is 6. The van der Waals surface area contributed by atoms with Crippen molar-refractivity contribution >= 4 is 23.2 Å². The molecule has 134 valence electrons. The van der Waals surface area contributed by atoms with Crippen molar-refractivity contribution in [3.05, 3.63) is 41.4 Å². The number of nitrogens with one attached hydrogen (secondary N) is 1. The van der Waals surface area contributed by atoms with Gasteiger partial charge in [-0.1, -0.05) is 11.6 Å². The number of carbonyl (C=O) groups is 1. The third kappa shape index (κ3) is 3.09. The van der Waals surface area contributed by atoms with Gasteiger partial charge < -0.3 is 14.8 Å². The first-order chi connectivity index (χ1) is 12.7. The molecule has 0 bridgehead atoms. The van der Waals surface area contributed by atoms with Crippen molar-refractivity contribution in [3.63, 3.8) is 0 Å². The summed E-state index contributed by atoms with van der Waals surface area (Å²) in [5.74, 6) is 0.129. The quantitative estimate of drug-likeness (QED) is 0.752. The number of carbonyl (C=O) groups excluding carboxylic acids is 1. The zero-order valence-corrected chi connectivity index (χ0v) is 14.7. The normalized spacial score (nSPS) is 16.8. The maximum absolute atomic E-state index is 11.9. The maximum atomic E-state index is 11.9. The summed E-state index contributed by atoms with van der Waals surface area (Å²) in [6.07, 6.45) is 7.21. The van der Waals surface area contributed by atoms with Crippen LogP contribution in [-0.2, 0) is 4.74 Å². The van der Waals surface area contributed by atoms with E-state index in [0.29, 0.717) is 35.3 Å². The van der Waals surface area contributed by atoms with Crippen LogP contribution in [-0.4, -0.2) is 51.9 Å². The Morgan fingerprint density at radius 1 is 1.42 bits per heavy atom. The van der Waals surface area contributed by atoms with Crippen molar-refractivity contribution < 1.29 is 14.3 Å². The monoisotopic (exact) mass is 373 g/mol. The summed E-state index contributed by atoms with van der Waals surface area (Å²) in [4.78, 5) is 20.5. The molecule has 4 rings (SSSR count). The van der Waals surface area contributed by atoms with Gasteiger partial charge >= 0.3 is 0 Å². The largest absolute Gasteiger partial charge is 0.471 e. The van der Waals surface area contributed by atoms with E-state index >= 15 is 0 Å². The lowest BCUT2D eigenvalue weighted by atomic mass is 10.1. The molecule has 1 aliphatic heterocycles. The molecule has 0 aliphatic carbocycles. The van der Waals surface area contributed by atoms with Crippen LogP contribution in [0.3, 0.4) is 0 Å². The lowest BCUT2D eigenvalue weighted by Crippen LogP contribution is -2.18. The molecule has 0 spiro atoms. The summed E-state index contributed by atoms with van der Waals surface area (Å²) in [5, 5.41) is 7.24. The Morgan fingerprint density at radius 3 is 3.08 bits per heavy atom. The predicted octanol–water partition coefficient (Wildman–Crippen LogP) is 1.97. The van der Waals surface area contributed by atoms with E-state index in [1.54, 1.807) is 36.2 Å².